The van der Waals surface area contributed by atoms with Crippen molar-refractivity contribution in [2.75, 3.05) is 18.6 Å². The third-order valence-corrected chi connectivity index (χ3v) is 4.17. The Morgan fingerprint density at radius 2 is 2.00 bits per heavy atom. The second-order valence-electron chi connectivity index (χ2n) is 5.18. The van der Waals surface area contributed by atoms with Crippen molar-refractivity contribution in [2.24, 2.45) is 0 Å². The van der Waals surface area contributed by atoms with Gasteiger partial charge in [-0.1, -0.05) is 12.1 Å². The van der Waals surface area contributed by atoms with Gasteiger partial charge in [0.1, 0.15) is 9.84 Å². The third-order valence-electron chi connectivity index (χ3n) is 3.25. The molecule has 126 valence electrons. The first-order valence-electron chi connectivity index (χ1n) is 7.27. The van der Waals surface area contributed by atoms with Gasteiger partial charge in [-0.15, -0.1) is 0 Å². The van der Waals surface area contributed by atoms with Crippen molar-refractivity contribution in [3.8, 4) is 17.3 Å². The SMILES string of the molecule is CCOC(=O)c1cc(-c2ccc(C#N)cc2)n(CCS(C)(=O)=O)n1. The smallest absolute Gasteiger partial charge is 0.358 e. The number of rotatable bonds is 6. The zero-order valence-electron chi connectivity index (χ0n) is 13.4. The van der Waals surface area contributed by atoms with Gasteiger partial charge in [0.15, 0.2) is 5.69 Å². The highest BCUT2D eigenvalue weighted by Crippen LogP contribution is 2.22. The molecule has 0 radical (unpaired) electrons. The van der Waals surface area contributed by atoms with Crippen molar-refractivity contribution < 1.29 is 17.9 Å². The highest BCUT2D eigenvalue weighted by atomic mass is 32.2. The number of aryl methyl sites for hydroxylation is 1. The molecule has 0 aliphatic carbocycles. The van der Waals surface area contributed by atoms with Gasteiger partial charge in [0.05, 0.1) is 36.2 Å². The average Bonchev–Trinajstić information content (AvgIpc) is 2.97. The molecule has 0 spiro atoms. The average molecular weight is 347 g/mol. The Hall–Kier alpha value is -2.66. The van der Waals surface area contributed by atoms with Crippen LogP contribution in [0.4, 0.5) is 0 Å². The number of hydrogen-bond acceptors (Lipinski definition) is 6. The lowest BCUT2D eigenvalue weighted by molar-refractivity contribution is 0.0518. The molecule has 24 heavy (non-hydrogen) atoms. The summed E-state index contributed by atoms with van der Waals surface area (Å²) in [5, 5.41) is 13.0. The number of nitriles is 1. The number of hydrogen-bond donors (Lipinski definition) is 0. The van der Waals surface area contributed by atoms with Crippen LogP contribution in [0, 0.1) is 11.3 Å². The number of sulfone groups is 1. The number of ether oxygens (including phenoxy) is 1. The van der Waals surface area contributed by atoms with Crippen LogP contribution >= 0.6 is 0 Å². The maximum atomic E-state index is 11.9. The van der Waals surface area contributed by atoms with Gasteiger partial charge in [-0.3, -0.25) is 4.68 Å². The molecule has 2 rings (SSSR count). The van der Waals surface area contributed by atoms with Gasteiger partial charge >= 0.3 is 5.97 Å². The summed E-state index contributed by atoms with van der Waals surface area (Å²) in [6, 6.07) is 10.3. The number of aromatic nitrogens is 2. The standard InChI is InChI=1S/C16H17N3O4S/c1-3-23-16(20)14-10-15(13-6-4-12(11-17)5-7-13)19(18-14)8-9-24(2,21)22/h4-7,10H,3,8-9H2,1-2H3. The predicted octanol–water partition coefficient (Wildman–Crippen LogP) is 1.64. The Kier molecular flexibility index (Phi) is 5.36. The second-order valence-corrected chi connectivity index (χ2v) is 7.44. The van der Waals surface area contributed by atoms with Gasteiger partial charge < -0.3 is 4.74 Å². The molecule has 0 N–H and O–H groups in total. The quantitative estimate of drug-likeness (QED) is 0.736. The number of esters is 1. The van der Waals surface area contributed by atoms with Crippen molar-refractivity contribution in [3.63, 3.8) is 0 Å². The number of carbonyl (C=O) groups is 1. The summed E-state index contributed by atoms with van der Waals surface area (Å²) in [4.78, 5) is 11.9. The molecule has 7 nitrogen and oxygen atoms in total. The van der Waals surface area contributed by atoms with Crippen molar-refractivity contribution in [2.45, 2.75) is 13.5 Å². The van der Waals surface area contributed by atoms with E-state index in [1.54, 1.807) is 37.3 Å². The molecule has 0 unspecified atom stereocenters. The van der Waals surface area contributed by atoms with E-state index < -0.39 is 15.8 Å². The molecule has 0 aliphatic heterocycles. The molecular formula is C16H17N3O4S. The van der Waals surface area contributed by atoms with E-state index in [0.717, 1.165) is 11.8 Å². The van der Waals surface area contributed by atoms with Gasteiger partial charge in [0.25, 0.3) is 0 Å². The minimum Gasteiger partial charge on any atom is -0.461 e. The molecule has 0 saturated heterocycles. The first-order chi connectivity index (χ1) is 11.3. The van der Waals surface area contributed by atoms with Crippen LogP contribution in [0.3, 0.4) is 0 Å². The van der Waals surface area contributed by atoms with Crippen molar-refractivity contribution in [1.82, 2.24) is 9.78 Å². The first-order valence-corrected chi connectivity index (χ1v) is 9.33. The lowest BCUT2D eigenvalue weighted by Gasteiger charge is -2.07. The predicted molar refractivity (Wildman–Crippen MR) is 88.0 cm³/mol. The third kappa shape index (κ3) is 4.43. The Labute approximate surface area is 140 Å². The fraction of sp³-hybridized carbons (Fsp3) is 0.312. The molecule has 0 aliphatic rings. The Bertz CT molecular complexity index is 877. The fourth-order valence-electron chi connectivity index (χ4n) is 2.09. The van der Waals surface area contributed by atoms with Crippen molar-refractivity contribution in [1.29, 1.82) is 5.26 Å². The molecule has 0 amide bonds. The van der Waals surface area contributed by atoms with Crippen LogP contribution in [-0.4, -0.2) is 42.8 Å². The van der Waals surface area contributed by atoms with E-state index in [9.17, 15) is 13.2 Å². The topological polar surface area (TPSA) is 102 Å². The minimum atomic E-state index is -3.17. The van der Waals surface area contributed by atoms with Crippen LogP contribution in [0.15, 0.2) is 30.3 Å². The molecule has 1 aromatic heterocycles. The maximum absolute atomic E-state index is 11.9. The van der Waals surface area contributed by atoms with E-state index in [0.29, 0.717) is 11.3 Å². The number of benzene rings is 1. The number of carbonyl (C=O) groups excluding carboxylic acids is 1. The van der Waals surface area contributed by atoms with Crippen LogP contribution in [0.5, 0.6) is 0 Å². The van der Waals surface area contributed by atoms with E-state index in [1.165, 1.54) is 4.68 Å². The number of nitrogens with zero attached hydrogens (tertiary/aromatic N) is 3. The van der Waals surface area contributed by atoms with Crippen LogP contribution in [0.25, 0.3) is 11.3 Å². The Morgan fingerprint density at radius 3 is 2.54 bits per heavy atom. The zero-order chi connectivity index (χ0) is 17.7. The molecule has 2 aromatic rings. The van der Waals surface area contributed by atoms with E-state index in [4.69, 9.17) is 10.00 Å². The molecule has 0 saturated carbocycles. The first kappa shape index (κ1) is 17.7. The van der Waals surface area contributed by atoms with Crippen LogP contribution < -0.4 is 0 Å². The molecule has 0 fully saturated rings. The van der Waals surface area contributed by atoms with E-state index in [1.807, 2.05) is 6.07 Å². The fourth-order valence-corrected chi connectivity index (χ4v) is 2.60. The molecule has 0 atom stereocenters. The van der Waals surface area contributed by atoms with Gasteiger partial charge in [-0.25, -0.2) is 13.2 Å². The van der Waals surface area contributed by atoms with Gasteiger partial charge in [0, 0.05) is 6.26 Å². The van der Waals surface area contributed by atoms with Gasteiger partial charge in [-0.05, 0) is 30.7 Å². The summed E-state index contributed by atoms with van der Waals surface area (Å²) in [6.45, 7) is 2.04. The van der Waals surface area contributed by atoms with Crippen molar-refractivity contribution >= 4 is 15.8 Å². The highest BCUT2D eigenvalue weighted by molar-refractivity contribution is 7.90. The van der Waals surface area contributed by atoms with E-state index in [2.05, 4.69) is 5.10 Å². The van der Waals surface area contributed by atoms with Crippen LogP contribution in [-0.2, 0) is 21.1 Å². The summed E-state index contributed by atoms with van der Waals surface area (Å²) in [5.74, 6) is -0.661. The van der Waals surface area contributed by atoms with Gasteiger partial charge in [-0.2, -0.15) is 10.4 Å². The summed E-state index contributed by atoms with van der Waals surface area (Å²) in [7, 11) is -3.17. The Balaban J connectivity index is 2.42. The normalized spacial score (nSPS) is 11.0. The monoisotopic (exact) mass is 347 g/mol. The molecule has 0 bridgehead atoms. The second kappa shape index (κ2) is 7.27. The molecule has 1 heterocycles. The van der Waals surface area contributed by atoms with Crippen LogP contribution in [0.1, 0.15) is 23.0 Å². The summed E-state index contributed by atoms with van der Waals surface area (Å²) in [5.41, 5.74) is 1.94. The molecular weight excluding hydrogens is 330 g/mol. The highest BCUT2D eigenvalue weighted by Gasteiger charge is 2.17. The summed E-state index contributed by atoms with van der Waals surface area (Å²) < 4.78 is 29.2. The molecule has 1 aromatic carbocycles. The van der Waals surface area contributed by atoms with Crippen LogP contribution in [0.2, 0.25) is 0 Å². The lowest BCUT2D eigenvalue weighted by Crippen LogP contribution is -2.14. The molecule has 8 heteroatoms. The maximum Gasteiger partial charge on any atom is 0.358 e. The lowest BCUT2D eigenvalue weighted by atomic mass is 10.1. The zero-order valence-corrected chi connectivity index (χ0v) is 14.2. The summed E-state index contributed by atoms with van der Waals surface area (Å²) >= 11 is 0. The van der Waals surface area contributed by atoms with E-state index in [-0.39, 0.29) is 24.6 Å². The largest absolute Gasteiger partial charge is 0.461 e. The van der Waals surface area contributed by atoms with E-state index >= 15 is 0 Å². The van der Waals surface area contributed by atoms with Gasteiger partial charge in [0.2, 0.25) is 0 Å². The Morgan fingerprint density at radius 1 is 1.33 bits per heavy atom. The summed E-state index contributed by atoms with van der Waals surface area (Å²) in [6.07, 6.45) is 1.14. The minimum absolute atomic E-state index is 0.0970. The van der Waals surface area contributed by atoms with Crippen molar-refractivity contribution in [3.05, 3.63) is 41.6 Å².